The lowest BCUT2D eigenvalue weighted by atomic mass is 9.47. The molecule has 154 valence electrons. The molecule has 8 atom stereocenters. The Morgan fingerprint density at radius 1 is 1.25 bits per heavy atom. The number of ketones is 1. The van der Waals surface area contributed by atoms with Crippen molar-refractivity contribution in [3.05, 3.63) is 11.6 Å². The topological polar surface area (TPSA) is 76.1 Å². The Labute approximate surface area is 166 Å². The van der Waals surface area contributed by atoms with E-state index < -0.39 is 11.6 Å². The molecule has 5 nitrogen and oxygen atoms in total. The summed E-state index contributed by atoms with van der Waals surface area (Å²) < 4.78 is 11.1. The molecule has 5 rings (SSSR count). The van der Waals surface area contributed by atoms with Crippen LogP contribution < -0.4 is 0 Å². The van der Waals surface area contributed by atoms with Crippen molar-refractivity contribution >= 4 is 11.8 Å². The number of allylic oxidation sites excluding steroid dienone is 1. The number of carbonyl (C=O) groups excluding carboxylic acids is 2. The molecule has 1 N–H and O–H groups in total. The van der Waals surface area contributed by atoms with Gasteiger partial charge in [-0.1, -0.05) is 25.5 Å². The summed E-state index contributed by atoms with van der Waals surface area (Å²) in [5, 5.41) is 10.1. The Kier molecular flexibility index (Phi) is 3.97. The Balaban J connectivity index is 1.42. The molecule has 0 aromatic rings. The van der Waals surface area contributed by atoms with Gasteiger partial charge in [-0.3, -0.25) is 9.59 Å². The second-order valence-electron chi connectivity index (χ2n) is 10.4. The maximum atomic E-state index is 13.0. The minimum Gasteiger partial charge on any atom is -0.458 e. The van der Waals surface area contributed by atoms with E-state index in [0.29, 0.717) is 17.8 Å². The summed E-state index contributed by atoms with van der Waals surface area (Å²) in [6.45, 7) is 5.84. The van der Waals surface area contributed by atoms with Crippen molar-refractivity contribution in [3.63, 3.8) is 0 Å². The Morgan fingerprint density at radius 2 is 2.04 bits per heavy atom. The summed E-state index contributed by atoms with van der Waals surface area (Å²) in [6.07, 6.45) is 9.14. The van der Waals surface area contributed by atoms with Crippen LogP contribution in [0.4, 0.5) is 0 Å². The van der Waals surface area contributed by atoms with E-state index in [9.17, 15) is 14.7 Å². The molecular weight excluding hydrogens is 356 g/mol. The molecular formula is C23H32O5. The molecule has 3 saturated carbocycles. The second kappa shape index (κ2) is 5.91. The third-order valence-corrected chi connectivity index (χ3v) is 9.33. The average molecular weight is 389 g/mol. The molecule has 0 aromatic carbocycles. The minimum atomic E-state index is -0.730. The van der Waals surface area contributed by atoms with Gasteiger partial charge in [-0.2, -0.15) is 0 Å². The number of carbonyl (C=O) groups is 2. The predicted molar refractivity (Wildman–Crippen MR) is 102 cm³/mol. The molecule has 1 saturated heterocycles. The molecule has 0 amide bonds. The van der Waals surface area contributed by atoms with E-state index in [1.807, 2.05) is 0 Å². The predicted octanol–water partition coefficient (Wildman–Crippen LogP) is 3.19. The van der Waals surface area contributed by atoms with Crippen molar-refractivity contribution in [2.75, 3.05) is 6.61 Å². The zero-order chi connectivity index (χ0) is 19.9. The standard InChI is InChI=1S/C23H32O5/c1-13(24)27-12-19(26)23-20(28-23)11-18-16-5-4-14-10-15(25)6-8-21(14,2)17(16)7-9-22(18,23)3/h4,15-18,20,25H,5-12H2,1-3H3/t15-,16-,17+,18+,20+,21-,22-,23-/m0/s1. The van der Waals surface area contributed by atoms with Crippen molar-refractivity contribution < 1.29 is 24.2 Å². The van der Waals surface area contributed by atoms with Gasteiger partial charge in [-0.05, 0) is 68.1 Å². The third-order valence-electron chi connectivity index (χ3n) is 9.33. The van der Waals surface area contributed by atoms with Crippen LogP contribution in [0.1, 0.15) is 65.7 Å². The van der Waals surface area contributed by atoms with Gasteiger partial charge in [-0.15, -0.1) is 0 Å². The van der Waals surface area contributed by atoms with Crippen LogP contribution in [0.15, 0.2) is 11.6 Å². The molecule has 0 bridgehead atoms. The molecule has 0 unspecified atom stereocenters. The molecule has 4 aliphatic carbocycles. The summed E-state index contributed by atoms with van der Waals surface area (Å²) in [7, 11) is 0. The lowest BCUT2D eigenvalue weighted by Crippen LogP contribution is -2.55. The highest BCUT2D eigenvalue weighted by Crippen LogP contribution is 2.73. The third kappa shape index (κ3) is 2.26. The van der Waals surface area contributed by atoms with Crippen LogP contribution in [0.5, 0.6) is 0 Å². The molecule has 1 heterocycles. The van der Waals surface area contributed by atoms with E-state index in [1.165, 1.54) is 12.5 Å². The van der Waals surface area contributed by atoms with E-state index in [-0.39, 0.29) is 35.4 Å². The van der Waals surface area contributed by atoms with E-state index >= 15 is 0 Å². The van der Waals surface area contributed by atoms with Gasteiger partial charge in [0.15, 0.2) is 12.2 Å². The van der Waals surface area contributed by atoms with Crippen molar-refractivity contribution in [1.82, 2.24) is 0 Å². The summed E-state index contributed by atoms with van der Waals surface area (Å²) in [5.41, 5.74) is 0.778. The van der Waals surface area contributed by atoms with Crippen LogP contribution >= 0.6 is 0 Å². The van der Waals surface area contributed by atoms with Gasteiger partial charge < -0.3 is 14.6 Å². The van der Waals surface area contributed by atoms with Gasteiger partial charge in [0, 0.05) is 12.3 Å². The number of hydrogen-bond donors (Lipinski definition) is 1. The summed E-state index contributed by atoms with van der Waals surface area (Å²) in [5.74, 6) is 1.24. The fourth-order valence-corrected chi connectivity index (χ4v) is 7.83. The first-order chi connectivity index (χ1) is 13.2. The highest BCUT2D eigenvalue weighted by atomic mass is 16.6. The quantitative estimate of drug-likeness (QED) is 0.456. The van der Waals surface area contributed by atoms with Gasteiger partial charge in [0.05, 0.1) is 12.2 Å². The maximum Gasteiger partial charge on any atom is 0.303 e. The number of fused-ring (bicyclic) bond motifs is 7. The van der Waals surface area contributed by atoms with Crippen molar-refractivity contribution in [3.8, 4) is 0 Å². The van der Waals surface area contributed by atoms with E-state index in [2.05, 4.69) is 19.9 Å². The summed E-state index contributed by atoms with van der Waals surface area (Å²) in [4.78, 5) is 24.2. The van der Waals surface area contributed by atoms with Crippen molar-refractivity contribution in [2.24, 2.45) is 28.6 Å². The van der Waals surface area contributed by atoms with Crippen molar-refractivity contribution in [2.45, 2.75) is 83.5 Å². The van der Waals surface area contributed by atoms with Gasteiger partial charge in [0.1, 0.15) is 0 Å². The average Bonchev–Trinajstić information content (AvgIpc) is 3.32. The number of aliphatic hydroxyl groups excluding tert-OH is 1. The first-order valence-electron chi connectivity index (χ1n) is 10.9. The molecule has 0 radical (unpaired) electrons. The van der Waals surface area contributed by atoms with E-state index in [0.717, 1.165) is 44.9 Å². The molecule has 0 spiro atoms. The second-order valence-corrected chi connectivity index (χ2v) is 10.4. The Morgan fingerprint density at radius 3 is 2.79 bits per heavy atom. The summed E-state index contributed by atoms with van der Waals surface area (Å²) >= 11 is 0. The lowest BCUT2D eigenvalue weighted by molar-refractivity contribution is -0.152. The Bertz CT molecular complexity index is 758. The molecule has 0 aromatic heterocycles. The van der Waals surface area contributed by atoms with E-state index in [1.54, 1.807) is 0 Å². The van der Waals surface area contributed by atoms with Gasteiger partial charge in [0.2, 0.25) is 5.78 Å². The Hall–Kier alpha value is -1.20. The van der Waals surface area contributed by atoms with Crippen LogP contribution in [0.25, 0.3) is 0 Å². The molecule has 1 aliphatic heterocycles. The first kappa shape index (κ1) is 18.8. The zero-order valence-corrected chi connectivity index (χ0v) is 17.2. The van der Waals surface area contributed by atoms with Crippen LogP contribution in [0, 0.1) is 28.6 Å². The largest absolute Gasteiger partial charge is 0.458 e. The number of hydrogen-bond acceptors (Lipinski definition) is 5. The maximum absolute atomic E-state index is 13.0. The first-order valence-corrected chi connectivity index (χ1v) is 10.9. The van der Waals surface area contributed by atoms with Crippen LogP contribution in [0.2, 0.25) is 0 Å². The monoisotopic (exact) mass is 388 g/mol. The molecule has 5 heteroatoms. The zero-order valence-electron chi connectivity index (χ0n) is 17.2. The van der Waals surface area contributed by atoms with Crippen molar-refractivity contribution in [1.29, 1.82) is 0 Å². The molecule has 4 fully saturated rings. The van der Waals surface area contributed by atoms with Gasteiger partial charge >= 0.3 is 5.97 Å². The smallest absolute Gasteiger partial charge is 0.303 e. The SMILES string of the molecule is CC(=O)OCC(=O)[C@]12O[C@@H]1C[C@@H]1[C@H]3CC=C4C[C@@H](O)CC[C@]4(C)[C@@H]3CC[C@@]12C. The molecule has 28 heavy (non-hydrogen) atoms. The lowest BCUT2D eigenvalue weighted by Gasteiger charge is -2.58. The van der Waals surface area contributed by atoms with Crippen LogP contribution in [0.3, 0.4) is 0 Å². The normalized spacial score (nSPS) is 51.1. The number of ether oxygens (including phenoxy) is 2. The highest BCUT2D eigenvalue weighted by Gasteiger charge is 2.80. The fraction of sp³-hybridized carbons (Fsp3) is 0.826. The van der Waals surface area contributed by atoms with Crippen LogP contribution in [-0.4, -0.2) is 41.3 Å². The highest BCUT2D eigenvalue weighted by molar-refractivity contribution is 5.94. The molecule has 5 aliphatic rings. The number of Topliss-reactive ketones (excluding diaryl/α,β-unsaturated/α-hetero) is 1. The number of epoxide rings is 1. The van der Waals surface area contributed by atoms with Crippen LogP contribution in [-0.2, 0) is 19.1 Å². The number of esters is 1. The minimum absolute atomic E-state index is 0.00401. The number of aliphatic hydroxyl groups is 1. The van der Waals surface area contributed by atoms with Gasteiger partial charge in [-0.25, -0.2) is 0 Å². The van der Waals surface area contributed by atoms with E-state index in [4.69, 9.17) is 9.47 Å². The summed E-state index contributed by atoms with van der Waals surface area (Å²) in [6, 6.07) is 0. The van der Waals surface area contributed by atoms with Gasteiger partial charge in [0.25, 0.3) is 0 Å². The number of rotatable bonds is 3. The fourth-order valence-electron chi connectivity index (χ4n) is 7.83.